The minimum Gasteiger partial charge on any atom is -0.365 e. The van der Waals surface area contributed by atoms with Crippen LogP contribution >= 0.6 is 0 Å². The Morgan fingerprint density at radius 1 is 0.864 bits per heavy atom. The second-order valence-electron chi connectivity index (χ2n) is 6.57. The van der Waals surface area contributed by atoms with Crippen LogP contribution in [0.15, 0.2) is 54.1 Å². The fourth-order valence-electron chi connectivity index (χ4n) is 4.22. The molecule has 0 N–H and O–H groups in total. The molecule has 2 aliphatic carbocycles. The number of ether oxygens (including phenoxy) is 1. The van der Waals surface area contributed by atoms with Crippen LogP contribution in [0.25, 0.3) is 18.2 Å². The molecule has 0 bridgehead atoms. The van der Waals surface area contributed by atoms with Gasteiger partial charge in [0, 0.05) is 11.8 Å². The van der Waals surface area contributed by atoms with Crippen molar-refractivity contribution in [2.45, 2.75) is 25.0 Å². The van der Waals surface area contributed by atoms with E-state index in [9.17, 15) is 0 Å². The first-order chi connectivity index (χ1) is 10.8. The van der Waals surface area contributed by atoms with Gasteiger partial charge in [0.25, 0.3) is 0 Å². The zero-order valence-electron chi connectivity index (χ0n) is 12.6. The molecule has 0 radical (unpaired) electrons. The minimum absolute atomic E-state index is 0.183. The number of benzene rings is 2. The van der Waals surface area contributed by atoms with Crippen molar-refractivity contribution < 1.29 is 4.74 Å². The van der Waals surface area contributed by atoms with Crippen molar-refractivity contribution in [2.75, 3.05) is 0 Å². The summed E-state index contributed by atoms with van der Waals surface area (Å²) in [5, 5.41) is 2.63. The van der Waals surface area contributed by atoms with E-state index in [0.717, 1.165) is 0 Å². The fraction of sp³-hybridized carbons (Fsp3) is 0.238. The summed E-state index contributed by atoms with van der Waals surface area (Å²) in [5.41, 5.74) is 4.21. The zero-order chi connectivity index (χ0) is 14.7. The maximum atomic E-state index is 6.44. The van der Waals surface area contributed by atoms with E-state index in [-0.39, 0.29) is 12.2 Å². The Labute approximate surface area is 130 Å². The van der Waals surface area contributed by atoms with E-state index in [4.69, 9.17) is 4.74 Å². The third-order valence-corrected chi connectivity index (χ3v) is 5.33. The van der Waals surface area contributed by atoms with E-state index >= 15 is 0 Å². The van der Waals surface area contributed by atoms with E-state index in [1.807, 2.05) is 0 Å². The van der Waals surface area contributed by atoms with Gasteiger partial charge in [-0.05, 0) is 33.2 Å². The van der Waals surface area contributed by atoms with Crippen LogP contribution < -0.4 is 10.4 Å². The molecule has 0 aromatic heterocycles. The molecular formula is C21H18O. The molecule has 2 aromatic rings. The molecule has 2 unspecified atom stereocenters. The van der Waals surface area contributed by atoms with Crippen LogP contribution in [-0.2, 0) is 4.74 Å². The lowest BCUT2D eigenvalue weighted by Crippen LogP contribution is -2.33. The minimum atomic E-state index is 0.183. The Morgan fingerprint density at radius 2 is 1.59 bits per heavy atom. The van der Waals surface area contributed by atoms with Crippen molar-refractivity contribution in [3.63, 3.8) is 0 Å². The van der Waals surface area contributed by atoms with Gasteiger partial charge < -0.3 is 4.74 Å². The smallest absolute Gasteiger partial charge is 0.0874 e. The lowest BCUT2D eigenvalue weighted by molar-refractivity contribution is 0.0688. The number of rotatable bonds is 0. The van der Waals surface area contributed by atoms with E-state index in [2.05, 4.69) is 73.7 Å². The highest BCUT2D eigenvalue weighted by atomic mass is 16.5. The van der Waals surface area contributed by atoms with Crippen molar-refractivity contribution in [1.82, 2.24) is 0 Å². The zero-order valence-corrected chi connectivity index (χ0v) is 12.6. The molecule has 1 saturated heterocycles. The summed E-state index contributed by atoms with van der Waals surface area (Å²) in [4.78, 5) is 0. The highest BCUT2D eigenvalue weighted by Gasteiger charge is 2.43. The average Bonchev–Trinajstić information content (AvgIpc) is 2.91. The van der Waals surface area contributed by atoms with E-state index in [0.29, 0.717) is 11.8 Å². The Kier molecular flexibility index (Phi) is 2.51. The first-order valence-electron chi connectivity index (χ1n) is 8.06. The standard InChI is InChI=1S/C21H18O/c1-13-17-9-5-4-8-16(17)11-19-18-10-14-6-2-3-7-15(14)12-20(18)22-21(13)19/h2-13,18,20-21H,1H3/t13?,18-,20?,21+/m1/s1. The second-order valence-corrected chi connectivity index (χ2v) is 6.57. The van der Waals surface area contributed by atoms with Crippen molar-refractivity contribution in [2.24, 2.45) is 5.92 Å². The lowest BCUT2D eigenvalue weighted by Gasteiger charge is -2.27. The SMILES string of the molecule is CC1c2ccccc2C=C2[C@H]3C=c4ccccc4=CC3O[C@H]21. The third kappa shape index (κ3) is 1.63. The highest BCUT2D eigenvalue weighted by molar-refractivity contribution is 5.68. The first kappa shape index (κ1) is 12.4. The molecule has 1 nitrogen and oxygen atoms in total. The van der Waals surface area contributed by atoms with Crippen molar-refractivity contribution in [1.29, 1.82) is 0 Å². The number of fused-ring (bicyclic) bond motifs is 5. The maximum absolute atomic E-state index is 6.44. The molecule has 1 aliphatic heterocycles. The summed E-state index contributed by atoms with van der Waals surface area (Å²) >= 11 is 0. The molecular weight excluding hydrogens is 268 g/mol. The summed E-state index contributed by atoms with van der Waals surface area (Å²) in [7, 11) is 0. The molecule has 1 fully saturated rings. The monoisotopic (exact) mass is 286 g/mol. The van der Waals surface area contributed by atoms with Gasteiger partial charge in [0.05, 0.1) is 12.2 Å². The van der Waals surface area contributed by atoms with Crippen LogP contribution in [0.2, 0.25) is 0 Å². The Hall–Kier alpha value is -2.12. The van der Waals surface area contributed by atoms with Gasteiger partial charge in [0.1, 0.15) is 0 Å². The van der Waals surface area contributed by atoms with Gasteiger partial charge in [-0.1, -0.05) is 67.6 Å². The molecule has 0 amide bonds. The largest absolute Gasteiger partial charge is 0.365 e. The third-order valence-electron chi connectivity index (χ3n) is 5.33. The molecule has 22 heavy (non-hydrogen) atoms. The second kappa shape index (κ2) is 4.44. The first-order valence-corrected chi connectivity index (χ1v) is 8.06. The van der Waals surface area contributed by atoms with E-state index in [1.165, 1.54) is 27.1 Å². The van der Waals surface area contributed by atoms with Crippen LogP contribution in [0.4, 0.5) is 0 Å². The van der Waals surface area contributed by atoms with Crippen LogP contribution in [0.5, 0.6) is 0 Å². The maximum Gasteiger partial charge on any atom is 0.0874 e. The summed E-state index contributed by atoms with van der Waals surface area (Å²) in [5.74, 6) is 0.808. The molecule has 4 atom stereocenters. The highest BCUT2D eigenvalue weighted by Crippen LogP contribution is 2.46. The van der Waals surface area contributed by atoms with E-state index in [1.54, 1.807) is 0 Å². The van der Waals surface area contributed by atoms with Crippen LogP contribution in [0, 0.1) is 5.92 Å². The molecule has 1 heteroatoms. The van der Waals surface area contributed by atoms with Crippen molar-refractivity contribution >= 4 is 18.2 Å². The van der Waals surface area contributed by atoms with E-state index < -0.39 is 0 Å². The van der Waals surface area contributed by atoms with Gasteiger partial charge in [-0.25, -0.2) is 0 Å². The van der Waals surface area contributed by atoms with Crippen LogP contribution in [0.1, 0.15) is 24.0 Å². The quantitative estimate of drug-likeness (QED) is 0.723. The Balaban J connectivity index is 1.69. The molecule has 0 saturated carbocycles. The van der Waals surface area contributed by atoms with Crippen LogP contribution in [-0.4, -0.2) is 12.2 Å². The summed E-state index contributed by atoms with van der Waals surface area (Å²) in [6.45, 7) is 2.29. The molecule has 0 spiro atoms. The number of hydrogen-bond acceptors (Lipinski definition) is 1. The molecule has 5 rings (SSSR count). The van der Waals surface area contributed by atoms with Gasteiger partial charge in [-0.3, -0.25) is 0 Å². The molecule has 108 valence electrons. The Bertz CT molecular complexity index is 905. The average molecular weight is 286 g/mol. The summed E-state index contributed by atoms with van der Waals surface area (Å²) in [6, 6.07) is 17.3. The normalized spacial score (nSPS) is 30.9. The topological polar surface area (TPSA) is 9.23 Å². The summed E-state index contributed by atoms with van der Waals surface area (Å²) < 4.78 is 6.44. The van der Waals surface area contributed by atoms with Gasteiger partial charge in [0.2, 0.25) is 0 Å². The fourth-order valence-corrected chi connectivity index (χ4v) is 4.22. The van der Waals surface area contributed by atoms with Crippen LogP contribution in [0.3, 0.4) is 0 Å². The van der Waals surface area contributed by atoms with Gasteiger partial charge in [-0.15, -0.1) is 0 Å². The predicted molar refractivity (Wildman–Crippen MR) is 89.6 cm³/mol. The predicted octanol–water partition coefficient (Wildman–Crippen LogP) is 2.85. The van der Waals surface area contributed by atoms with Gasteiger partial charge in [0.15, 0.2) is 0 Å². The number of hydrogen-bond donors (Lipinski definition) is 0. The van der Waals surface area contributed by atoms with Crippen molar-refractivity contribution in [3.05, 3.63) is 75.7 Å². The lowest BCUT2D eigenvalue weighted by atomic mass is 9.77. The molecule has 2 aromatic carbocycles. The van der Waals surface area contributed by atoms with Gasteiger partial charge >= 0.3 is 0 Å². The van der Waals surface area contributed by atoms with Gasteiger partial charge in [-0.2, -0.15) is 0 Å². The molecule has 3 aliphatic rings. The molecule has 1 heterocycles. The van der Waals surface area contributed by atoms with Crippen molar-refractivity contribution in [3.8, 4) is 0 Å². The Morgan fingerprint density at radius 3 is 2.45 bits per heavy atom. The summed E-state index contributed by atoms with van der Waals surface area (Å²) in [6.07, 6.45) is 7.46.